The Balaban J connectivity index is 1.55. The third-order valence-corrected chi connectivity index (χ3v) is 10.2. The summed E-state index contributed by atoms with van der Waals surface area (Å²) in [5.74, 6) is -6.13. The quantitative estimate of drug-likeness (QED) is 0.235. The van der Waals surface area contributed by atoms with E-state index >= 15 is 0 Å². The van der Waals surface area contributed by atoms with Crippen molar-refractivity contribution in [2.75, 3.05) is 7.11 Å². The number of rotatable bonds is 4. The van der Waals surface area contributed by atoms with Crippen LogP contribution in [0.5, 0.6) is 11.5 Å². The molecular weight excluding hydrogens is 582 g/mol. The maximum absolute atomic E-state index is 14.9. The van der Waals surface area contributed by atoms with Gasteiger partial charge in [-0.25, -0.2) is 0 Å². The molecule has 8 nitrogen and oxygen atoms in total. The van der Waals surface area contributed by atoms with E-state index < -0.39 is 46.8 Å². The van der Waals surface area contributed by atoms with Crippen LogP contribution in [0.25, 0.3) is 5.57 Å². The summed E-state index contributed by atoms with van der Waals surface area (Å²) in [6, 6.07) is 21.3. The average Bonchev–Trinajstić information content (AvgIpc) is 3.27. The van der Waals surface area contributed by atoms with Crippen molar-refractivity contribution in [1.82, 2.24) is 5.06 Å². The standard InChI is InChI=1S/C35H28ClNO7/c1-44-27-15-19(14-26(36)32(27)40)30-21-12-13-22-29(34(42)37(43)33(22)41)24(21)16-25-31(39)23(18-8-4-2-5-9-18)17-28(38)35(25,30)20-10-6-3-7-11-20/h2-12,14-15,17,22,24-25,29-30,40,43H,13,16H2,1H3/t22-,24+,25-,29-,30-,35-/m0/s1. The van der Waals surface area contributed by atoms with Crippen LogP contribution in [0.4, 0.5) is 0 Å². The highest BCUT2D eigenvalue weighted by molar-refractivity contribution is 6.33. The summed E-state index contributed by atoms with van der Waals surface area (Å²) in [5.41, 5.74) is 1.30. The monoisotopic (exact) mass is 609 g/mol. The fourth-order valence-electron chi connectivity index (χ4n) is 8.15. The van der Waals surface area contributed by atoms with Crippen molar-refractivity contribution in [3.63, 3.8) is 0 Å². The van der Waals surface area contributed by atoms with Gasteiger partial charge in [0, 0.05) is 17.4 Å². The molecule has 3 aromatic rings. The number of fused-ring (bicyclic) bond motifs is 4. The Bertz CT molecular complexity index is 1800. The zero-order valence-corrected chi connectivity index (χ0v) is 24.4. The van der Waals surface area contributed by atoms with Crippen molar-refractivity contribution in [2.24, 2.45) is 23.7 Å². The van der Waals surface area contributed by atoms with Crippen LogP contribution in [0.3, 0.4) is 0 Å². The van der Waals surface area contributed by atoms with Crippen LogP contribution in [-0.2, 0) is 24.6 Å². The van der Waals surface area contributed by atoms with Crippen molar-refractivity contribution in [1.29, 1.82) is 0 Å². The summed E-state index contributed by atoms with van der Waals surface area (Å²) in [6.07, 6.45) is 3.60. The molecule has 0 aromatic heterocycles. The van der Waals surface area contributed by atoms with Gasteiger partial charge in [0.25, 0.3) is 11.8 Å². The summed E-state index contributed by atoms with van der Waals surface area (Å²) < 4.78 is 5.45. The zero-order valence-electron chi connectivity index (χ0n) is 23.6. The maximum Gasteiger partial charge on any atom is 0.257 e. The Morgan fingerprint density at radius 1 is 0.932 bits per heavy atom. The minimum absolute atomic E-state index is 0.000670. The Kier molecular flexibility index (Phi) is 6.60. The molecule has 3 aromatic carbocycles. The number of hydrogen-bond acceptors (Lipinski definition) is 7. The number of halogens is 1. The van der Waals surface area contributed by atoms with Gasteiger partial charge in [0.1, 0.15) is 0 Å². The van der Waals surface area contributed by atoms with E-state index in [-0.39, 0.29) is 51.6 Å². The summed E-state index contributed by atoms with van der Waals surface area (Å²) in [5, 5.41) is 21.2. The predicted octanol–water partition coefficient (Wildman–Crippen LogP) is 5.27. The highest BCUT2D eigenvalue weighted by Gasteiger charge is 2.66. The van der Waals surface area contributed by atoms with Crippen molar-refractivity contribution < 1.29 is 34.2 Å². The lowest BCUT2D eigenvalue weighted by Crippen LogP contribution is -2.58. The van der Waals surface area contributed by atoms with Crippen LogP contribution in [0.1, 0.15) is 35.4 Å². The number of hydrogen-bond donors (Lipinski definition) is 2. The number of allylic oxidation sites excluding steroid dienone is 4. The number of nitrogens with zero attached hydrogens (tertiary/aromatic N) is 1. The largest absolute Gasteiger partial charge is 0.503 e. The lowest BCUT2D eigenvalue weighted by Gasteiger charge is -2.55. The van der Waals surface area contributed by atoms with Gasteiger partial charge in [-0.3, -0.25) is 24.4 Å². The summed E-state index contributed by atoms with van der Waals surface area (Å²) in [4.78, 5) is 55.9. The van der Waals surface area contributed by atoms with Crippen molar-refractivity contribution in [3.05, 3.63) is 112 Å². The van der Waals surface area contributed by atoms with Gasteiger partial charge in [0.05, 0.1) is 29.4 Å². The SMILES string of the molecule is COc1cc([C@H]2C3=CC[C@@H]4C(=O)N(O)C(=O)[C@@H]4[C@@H]3C[C@H]3C(=O)C(c4ccccc4)=CC(=O)[C@@]23c2ccccc2)cc(Cl)c1O. The zero-order chi connectivity index (χ0) is 30.9. The van der Waals surface area contributed by atoms with Crippen molar-refractivity contribution in [2.45, 2.75) is 24.2 Å². The molecule has 3 aliphatic carbocycles. The second-order valence-electron chi connectivity index (χ2n) is 11.8. The van der Waals surface area contributed by atoms with E-state index in [1.165, 1.54) is 13.2 Å². The fourth-order valence-corrected chi connectivity index (χ4v) is 8.37. The van der Waals surface area contributed by atoms with Crippen LogP contribution in [0, 0.1) is 23.7 Å². The van der Waals surface area contributed by atoms with E-state index in [9.17, 15) is 29.5 Å². The summed E-state index contributed by atoms with van der Waals surface area (Å²) >= 11 is 6.53. The number of benzene rings is 3. The lowest BCUT2D eigenvalue weighted by atomic mass is 9.44. The number of phenols is 1. The molecular formula is C35H28ClNO7. The average molecular weight is 610 g/mol. The number of aromatic hydroxyl groups is 1. The highest BCUT2D eigenvalue weighted by Crippen LogP contribution is 2.64. The van der Waals surface area contributed by atoms with E-state index in [1.807, 2.05) is 42.5 Å². The molecule has 222 valence electrons. The summed E-state index contributed by atoms with van der Waals surface area (Å²) in [7, 11) is 1.39. The smallest absolute Gasteiger partial charge is 0.257 e. The van der Waals surface area contributed by atoms with Gasteiger partial charge in [0.2, 0.25) is 0 Å². The Labute approximate surface area is 258 Å². The van der Waals surface area contributed by atoms with E-state index in [0.717, 1.165) is 0 Å². The molecule has 0 unspecified atom stereocenters. The molecule has 2 N–H and O–H groups in total. The molecule has 0 spiro atoms. The van der Waals surface area contributed by atoms with Crippen LogP contribution in [0.2, 0.25) is 5.02 Å². The second-order valence-corrected chi connectivity index (χ2v) is 12.2. The van der Waals surface area contributed by atoms with Gasteiger partial charge < -0.3 is 9.84 Å². The number of phenolic OH excluding ortho intramolecular Hbond substituents is 1. The number of carbonyl (C=O) groups is 4. The molecule has 1 aliphatic heterocycles. The number of ether oxygens (including phenoxy) is 1. The van der Waals surface area contributed by atoms with E-state index in [1.54, 1.807) is 36.4 Å². The molecule has 1 saturated heterocycles. The van der Waals surface area contributed by atoms with Gasteiger partial charge in [-0.05, 0) is 53.7 Å². The van der Waals surface area contributed by atoms with Crippen LogP contribution < -0.4 is 4.74 Å². The summed E-state index contributed by atoms with van der Waals surface area (Å²) in [6.45, 7) is 0. The molecule has 6 atom stereocenters. The lowest BCUT2D eigenvalue weighted by molar-refractivity contribution is -0.173. The first-order valence-electron chi connectivity index (χ1n) is 14.4. The van der Waals surface area contributed by atoms with Crippen molar-refractivity contribution in [3.8, 4) is 11.5 Å². The second kappa shape index (κ2) is 10.3. The molecule has 2 fully saturated rings. The molecule has 0 radical (unpaired) electrons. The first kappa shape index (κ1) is 28.3. The van der Waals surface area contributed by atoms with E-state index in [4.69, 9.17) is 16.3 Å². The highest BCUT2D eigenvalue weighted by atomic mass is 35.5. The third kappa shape index (κ3) is 3.80. The number of carbonyl (C=O) groups excluding carboxylic acids is 4. The normalized spacial score (nSPS) is 29.4. The number of ketones is 2. The van der Waals surface area contributed by atoms with E-state index in [2.05, 4.69) is 0 Å². The van der Waals surface area contributed by atoms with Crippen molar-refractivity contribution >= 4 is 40.6 Å². The van der Waals surface area contributed by atoms with Gasteiger partial charge in [-0.15, -0.1) is 0 Å². The van der Waals surface area contributed by atoms with Gasteiger partial charge >= 0.3 is 0 Å². The molecule has 2 amide bonds. The number of hydroxylamine groups is 2. The Morgan fingerprint density at radius 3 is 2.30 bits per heavy atom. The molecule has 4 aliphatic rings. The maximum atomic E-state index is 14.9. The molecule has 1 saturated carbocycles. The number of Topliss-reactive ketones (excluding diaryl/α,β-unsaturated/α-hetero) is 1. The number of methoxy groups -OCH3 is 1. The minimum atomic E-state index is -1.44. The number of amides is 2. The first-order chi connectivity index (χ1) is 21.2. The van der Waals surface area contributed by atoms with Crippen LogP contribution >= 0.6 is 11.6 Å². The predicted molar refractivity (Wildman–Crippen MR) is 160 cm³/mol. The minimum Gasteiger partial charge on any atom is -0.503 e. The Hall–Kier alpha value is -4.53. The van der Waals surface area contributed by atoms with Gasteiger partial charge in [-0.1, -0.05) is 83.9 Å². The van der Waals surface area contributed by atoms with Crippen LogP contribution in [0.15, 0.2) is 90.5 Å². The third-order valence-electron chi connectivity index (χ3n) is 9.96. The fraction of sp³-hybridized carbons (Fsp3) is 0.257. The van der Waals surface area contributed by atoms with E-state index in [0.29, 0.717) is 22.3 Å². The topological polar surface area (TPSA) is 121 Å². The van der Waals surface area contributed by atoms with Gasteiger partial charge in [-0.2, -0.15) is 5.06 Å². The first-order valence-corrected chi connectivity index (χ1v) is 14.8. The molecule has 0 bridgehead atoms. The van der Waals surface area contributed by atoms with Crippen LogP contribution in [-0.4, -0.2) is 45.9 Å². The van der Waals surface area contributed by atoms with Gasteiger partial charge in [0.15, 0.2) is 23.1 Å². The molecule has 1 heterocycles. The Morgan fingerprint density at radius 2 is 1.61 bits per heavy atom. The molecule has 9 heteroatoms. The number of imide groups is 1. The molecule has 7 rings (SSSR count). The molecule has 44 heavy (non-hydrogen) atoms.